The van der Waals surface area contributed by atoms with Crippen LogP contribution in [-0.2, 0) is 0 Å². The fraction of sp³-hybridized carbons (Fsp3) is 0.647. The van der Waals surface area contributed by atoms with Crippen molar-refractivity contribution in [3.63, 3.8) is 0 Å². The molecular formula is C17H26Cl2F2N2O. The number of phenols is 1. The van der Waals surface area contributed by atoms with Gasteiger partial charge in [0.05, 0.1) is 0 Å². The monoisotopic (exact) mass is 382 g/mol. The van der Waals surface area contributed by atoms with Crippen molar-refractivity contribution < 1.29 is 13.9 Å². The summed E-state index contributed by atoms with van der Waals surface area (Å²) in [5.74, 6) is -1.25. The third-order valence-electron chi connectivity index (χ3n) is 5.01. The lowest BCUT2D eigenvalue weighted by molar-refractivity contribution is 0.0983. The summed E-state index contributed by atoms with van der Waals surface area (Å²) in [5, 5.41) is 13.5. The molecule has 1 aliphatic heterocycles. The van der Waals surface area contributed by atoms with Crippen LogP contribution < -0.4 is 5.32 Å². The molecule has 138 valence electrons. The molecule has 3 nitrogen and oxygen atoms in total. The van der Waals surface area contributed by atoms with Crippen LogP contribution >= 0.6 is 24.8 Å². The van der Waals surface area contributed by atoms with Crippen LogP contribution in [0.5, 0.6) is 5.75 Å². The van der Waals surface area contributed by atoms with Gasteiger partial charge in [0.25, 0.3) is 0 Å². The van der Waals surface area contributed by atoms with Gasteiger partial charge in [-0.3, -0.25) is 4.90 Å². The normalized spacial score (nSPS) is 20.8. The molecule has 2 N–H and O–H groups in total. The van der Waals surface area contributed by atoms with E-state index in [0.717, 1.165) is 64.0 Å². The van der Waals surface area contributed by atoms with E-state index in [2.05, 4.69) is 10.2 Å². The number of hydrogen-bond acceptors (Lipinski definition) is 3. The Morgan fingerprint density at radius 3 is 2.25 bits per heavy atom. The van der Waals surface area contributed by atoms with Crippen molar-refractivity contribution in [3.05, 3.63) is 29.3 Å². The molecule has 2 aliphatic rings. The van der Waals surface area contributed by atoms with Crippen LogP contribution in [0.4, 0.5) is 8.78 Å². The zero-order chi connectivity index (χ0) is 15.5. The van der Waals surface area contributed by atoms with Gasteiger partial charge in [-0.1, -0.05) is 19.3 Å². The van der Waals surface area contributed by atoms with Gasteiger partial charge in [0.15, 0.2) is 0 Å². The lowest BCUT2D eigenvalue weighted by Gasteiger charge is -2.41. The van der Waals surface area contributed by atoms with Gasteiger partial charge in [-0.25, -0.2) is 8.78 Å². The highest BCUT2D eigenvalue weighted by atomic mass is 35.5. The molecule has 24 heavy (non-hydrogen) atoms. The van der Waals surface area contributed by atoms with E-state index < -0.39 is 11.6 Å². The molecule has 0 bridgehead atoms. The van der Waals surface area contributed by atoms with Gasteiger partial charge in [-0.05, 0) is 18.8 Å². The summed E-state index contributed by atoms with van der Waals surface area (Å²) >= 11 is 0. The Balaban J connectivity index is 0.00000144. The van der Waals surface area contributed by atoms with Gasteiger partial charge in [0.2, 0.25) is 0 Å². The minimum absolute atomic E-state index is 0. The van der Waals surface area contributed by atoms with Gasteiger partial charge in [-0.2, -0.15) is 0 Å². The number of benzene rings is 1. The molecule has 0 spiro atoms. The molecule has 1 heterocycles. The predicted molar refractivity (Wildman–Crippen MR) is 96.3 cm³/mol. The van der Waals surface area contributed by atoms with Crippen molar-refractivity contribution >= 4 is 24.8 Å². The summed E-state index contributed by atoms with van der Waals surface area (Å²) in [6.45, 7) is 3.40. The smallest absolute Gasteiger partial charge is 0.134 e. The SMILES string of the molecule is Cl.Cl.Oc1cc(F)cc(F)c1[C@@H](C1CCCCC1)N1CCNCC1. The minimum Gasteiger partial charge on any atom is -0.507 e. The Labute approximate surface area is 154 Å². The van der Waals surface area contributed by atoms with Crippen LogP contribution in [0.1, 0.15) is 43.7 Å². The highest BCUT2D eigenvalue weighted by Gasteiger charge is 2.34. The molecule has 1 saturated heterocycles. The van der Waals surface area contributed by atoms with Crippen molar-refractivity contribution in [2.75, 3.05) is 26.2 Å². The lowest BCUT2D eigenvalue weighted by atomic mass is 9.79. The zero-order valence-corrected chi connectivity index (χ0v) is 15.3. The number of halogens is 4. The van der Waals surface area contributed by atoms with E-state index in [1.807, 2.05) is 0 Å². The first-order valence-corrected chi connectivity index (χ1v) is 8.29. The number of piperazine rings is 1. The Hall–Kier alpha value is -0.620. The second kappa shape index (κ2) is 9.76. The second-order valence-electron chi connectivity index (χ2n) is 6.45. The van der Waals surface area contributed by atoms with Crippen molar-refractivity contribution in [1.29, 1.82) is 0 Å². The summed E-state index contributed by atoms with van der Waals surface area (Å²) in [6, 6.07) is 1.78. The highest BCUT2D eigenvalue weighted by molar-refractivity contribution is 5.85. The molecular weight excluding hydrogens is 357 g/mol. The first-order valence-electron chi connectivity index (χ1n) is 8.29. The Bertz CT molecular complexity index is 480. The first kappa shape index (κ1) is 21.4. The predicted octanol–water partition coefficient (Wildman–Crippen LogP) is 4.04. The average molecular weight is 383 g/mol. The van der Waals surface area contributed by atoms with E-state index in [-0.39, 0.29) is 42.2 Å². The largest absolute Gasteiger partial charge is 0.507 e. The summed E-state index contributed by atoms with van der Waals surface area (Å²) in [7, 11) is 0. The third-order valence-corrected chi connectivity index (χ3v) is 5.01. The molecule has 3 rings (SSSR count). The number of nitrogens with one attached hydrogen (secondary N) is 1. The highest BCUT2D eigenvalue weighted by Crippen LogP contribution is 2.42. The maximum atomic E-state index is 14.4. The van der Waals surface area contributed by atoms with Crippen LogP contribution in [0, 0.1) is 17.6 Å². The molecule has 1 saturated carbocycles. The van der Waals surface area contributed by atoms with E-state index in [9.17, 15) is 13.9 Å². The third kappa shape index (κ3) is 4.72. The van der Waals surface area contributed by atoms with Crippen molar-refractivity contribution in [2.45, 2.75) is 38.1 Å². The molecule has 0 amide bonds. The van der Waals surface area contributed by atoms with Gasteiger partial charge < -0.3 is 10.4 Å². The molecule has 1 aliphatic carbocycles. The topological polar surface area (TPSA) is 35.5 Å². The minimum atomic E-state index is -0.721. The van der Waals surface area contributed by atoms with Crippen molar-refractivity contribution in [1.82, 2.24) is 10.2 Å². The number of phenolic OH excluding ortho intramolecular Hbond substituents is 1. The molecule has 1 aromatic rings. The summed E-state index contributed by atoms with van der Waals surface area (Å²) < 4.78 is 27.8. The number of hydrogen-bond donors (Lipinski definition) is 2. The molecule has 0 unspecified atom stereocenters. The quantitative estimate of drug-likeness (QED) is 0.827. The maximum absolute atomic E-state index is 14.4. The van der Waals surface area contributed by atoms with Crippen molar-refractivity contribution in [3.8, 4) is 5.75 Å². The molecule has 1 atom stereocenters. The number of nitrogens with zero attached hydrogens (tertiary/aromatic N) is 1. The summed E-state index contributed by atoms with van der Waals surface area (Å²) in [5.41, 5.74) is 0.287. The fourth-order valence-electron chi connectivity index (χ4n) is 3.99. The van der Waals surface area contributed by atoms with Crippen LogP contribution in [-0.4, -0.2) is 36.2 Å². The number of rotatable bonds is 3. The van der Waals surface area contributed by atoms with Gasteiger partial charge >= 0.3 is 0 Å². The van der Waals surface area contributed by atoms with Gasteiger partial charge in [0, 0.05) is 49.9 Å². The summed E-state index contributed by atoms with van der Waals surface area (Å²) in [4.78, 5) is 2.25. The molecule has 7 heteroatoms. The van der Waals surface area contributed by atoms with E-state index in [1.54, 1.807) is 0 Å². The van der Waals surface area contributed by atoms with Crippen LogP contribution in [0.3, 0.4) is 0 Å². The Kier molecular flexibility index (Phi) is 8.71. The van der Waals surface area contributed by atoms with E-state index in [4.69, 9.17) is 0 Å². The lowest BCUT2D eigenvalue weighted by Crippen LogP contribution is -2.47. The second-order valence-corrected chi connectivity index (χ2v) is 6.45. The van der Waals surface area contributed by atoms with Crippen molar-refractivity contribution in [2.24, 2.45) is 5.92 Å². The van der Waals surface area contributed by atoms with Crippen LogP contribution in [0.2, 0.25) is 0 Å². The summed E-state index contributed by atoms with van der Waals surface area (Å²) in [6.07, 6.45) is 5.62. The molecule has 0 radical (unpaired) electrons. The Morgan fingerprint density at radius 1 is 1.04 bits per heavy atom. The van der Waals surface area contributed by atoms with E-state index in [0.29, 0.717) is 5.92 Å². The molecule has 1 aromatic carbocycles. The molecule has 2 fully saturated rings. The number of aromatic hydroxyl groups is 1. The molecule has 0 aromatic heterocycles. The van der Waals surface area contributed by atoms with E-state index >= 15 is 0 Å². The van der Waals surface area contributed by atoms with E-state index in [1.165, 1.54) is 6.42 Å². The Morgan fingerprint density at radius 2 is 1.67 bits per heavy atom. The average Bonchev–Trinajstić information content (AvgIpc) is 2.52. The first-order chi connectivity index (χ1) is 10.7. The standard InChI is InChI=1S/C17H24F2N2O.2ClH/c18-13-10-14(19)16(15(22)11-13)17(12-4-2-1-3-5-12)21-8-6-20-7-9-21;;/h10-12,17,20,22H,1-9H2;2*1H/t17-;;/m1../s1. The van der Waals surface area contributed by atoms with Crippen LogP contribution in [0.15, 0.2) is 12.1 Å². The van der Waals surface area contributed by atoms with Gasteiger partial charge in [-0.15, -0.1) is 24.8 Å². The maximum Gasteiger partial charge on any atom is 0.134 e. The zero-order valence-electron chi connectivity index (χ0n) is 13.6. The fourth-order valence-corrected chi connectivity index (χ4v) is 3.99. The van der Waals surface area contributed by atoms with Gasteiger partial charge in [0.1, 0.15) is 17.4 Å². The van der Waals surface area contributed by atoms with Crippen LogP contribution in [0.25, 0.3) is 0 Å².